The second-order valence-electron chi connectivity index (χ2n) is 8.05. The number of hydrogen-bond acceptors (Lipinski definition) is 1. The Labute approximate surface area is 141 Å². The molecule has 1 aliphatic carbocycles. The summed E-state index contributed by atoms with van der Waals surface area (Å²) in [4.78, 5) is 2.41. The molecule has 1 atom stereocenters. The molecule has 0 radical (unpaired) electrons. The molecule has 1 aliphatic rings. The third-order valence-electron chi connectivity index (χ3n) is 5.35. The van der Waals surface area contributed by atoms with Crippen LogP contribution >= 0.6 is 0 Å². The van der Waals surface area contributed by atoms with Crippen molar-refractivity contribution in [2.24, 2.45) is 11.3 Å². The van der Waals surface area contributed by atoms with Gasteiger partial charge in [0.05, 0.1) is 0 Å². The zero-order chi connectivity index (χ0) is 16.4. The molecule has 3 rings (SSSR count). The molecule has 0 spiro atoms. The maximum Gasteiger partial charge on any atom is 0.0446 e. The highest BCUT2D eigenvalue weighted by atomic mass is 15.1. The van der Waals surface area contributed by atoms with Crippen molar-refractivity contribution in [3.05, 3.63) is 54.1 Å². The van der Waals surface area contributed by atoms with Crippen LogP contribution in [0.3, 0.4) is 0 Å². The van der Waals surface area contributed by atoms with Gasteiger partial charge in [0.25, 0.3) is 0 Å². The summed E-state index contributed by atoms with van der Waals surface area (Å²) in [5, 5.41) is 2.67. The molecule has 0 saturated carbocycles. The fourth-order valence-corrected chi connectivity index (χ4v) is 3.75. The van der Waals surface area contributed by atoms with Crippen molar-refractivity contribution in [1.29, 1.82) is 0 Å². The van der Waals surface area contributed by atoms with E-state index in [1.807, 2.05) is 0 Å². The van der Waals surface area contributed by atoms with E-state index >= 15 is 0 Å². The first-order valence-corrected chi connectivity index (χ1v) is 8.82. The fraction of sp³-hybridized carbons (Fsp3) is 0.455. The highest BCUT2D eigenvalue weighted by Gasteiger charge is 2.26. The minimum atomic E-state index is 0.434. The molecule has 2 aromatic carbocycles. The van der Waals surface area contributed by atoms with E-state index in [1.54, 1.807) is 5.57 Å². The second kappa shape index (κ2) is 6.39. The fourth-order valence-electron chi connectivity index (χ4n) is 3.75. The van der Waals surface area contributed by atoms with Gasteiger partial charge >= 0.3 is 0 Å². The summed E-state index contributed by atoms with van der Waals surface area (Å²) < 4.78 is 0. The number of anilines is 1. The van der Waals surface area contributed by atoms with E-state index in [1.165, 1.54) is 35.7 Å². The molecule has 0 aliphatic heterocycles. The van der Waals surface area contributed by atoms with E-state index in [9.17, 15) is 0 Å². The van der Waals surface area contributed by atoms with Crippen LogP contribution in [0.4, 0.5) is 5.69 Å². The van der Waals surface area contributed by atoms with Gasteiger partial charge in [-0.15, -0.1) is 0 Å². The van der Waals surface area contributed by atoms with Crippen LogP contribution in [0.1, 0.15) is 40.0 Å². The van der Waals surface area contributed by atoms with Crippen LogP contribution in [0.25, 0.3) is 10.8 Å². The van der Waals surface area contributed by atoms with Gasteiger partial charge in [-0.05, 0) is 42.0 Å². The predicted octanol–water partition coefficient (Wildman–Crippen LogP) is 6.05. The van der Waals surface area contributed by atoms with Crippen LogP contribution in [-0.4, -0.2) is 13.6 Å². The number of nitrogens with zero attached hydrogens (tertiary/aromatic N) is 1. The van der Waals surface area contributed by atoms with Gasteiger partial charge in [0.2, 0.25) is 0 Å². The Hall–Kier alpha value is -1.76. The third kappa shape index (κ3) is 3.60. The Bertz CT molecular complexity index is 700. The second-order valence-corrected chi connectivity index (χ2v) is 8.05. The minimum Gasteiger partial charge on any atom is -0.370 e. The molecule has 0 saturated heterocycles. The van der Waals surface area contributed by atoms with Crippen LogP contribution in [0.5, 0.6) is 0 Å². The lowest BCUT2D eigenvalue weighted by molar-refractivity contribution is 0.220. The van der Waals surface area contributed by atoms with Gasteiger partial charge in [0, 0.05) is 24.7 Å². The molecule has 2 aromatic rings. The van der Waals surface area contributed by atoms with Crippen molar-refractivity contribution in [2.75, 3.05) is 18.5 Å². The summed E-state index contributed by atoms with van der Waals surface area (Å²) in [6, 6.07) is 15.3. The maximum absolute atomic E-state index is 2.50. The maximum atomic E-state index is 2.50. The predicted molar refractivity (Wildman–Crippen MR) is 102 cm³/mol. The van der Waals surface area contributed by atoms with Crippen LogP contribution < -0.4 is 4.90 Å². The molecule has 1 nitrogen and oxygen atoms in total. The zero-order valence-corrected chi connectivity index (χ0v) is 15.0. The van der Waals surface area contributed by atoms with E-state index in [4.69, 9.17) is 0 Å². The summed E-state index contributed by atoms with van der Waals surface area (Å²) in [6.07, 6.45) is 6.32. The SMILES string of the molecule is CN(CC1=CCC(C(C)(C)C)CC1)c1cccc2ccccc12. The molecular weight excluding hydrogens is 278 g/mol. The van der Waals surface area contributed by atoms with Gasteiger partial charge < -0.3 is 4.90 Å². The Balaban J connectivity index is 1.75. The van der Waals surface area contributed by atoms with Gasteiger partial charge in [-0.2, -0.15) is 0 Å². The standard InChI is InChI=1S/C22H29N/c1-22(2,3)19-14-12-17(13-15-19)16-23(4)21-11-7-9-18-8-5-6-10-20(18)21/h5-12,19H,13-16H2,1-4H3. The first-order valence-electron chi connectivity index (χ1n) is 8.82. The van der Waals surface area contributed by atoms with Crippen molar-refractivity contribution >= 4 is 16.5 Å². The largest absolute Gasteiger partial charge is 0.370 e. The summed E-state index contributed by atoms with van der Waals surface area (Å²) in [5.41, 5.74) is 3.37. The topological polar surface area (TPSA) is 3.24 Å². The Morgan fingerprint density at radius 3 is 2.48 bits per heavy atom. The molecule has 0 bridgehead atoms. The first kappa shape index (κ1) is 16.1. The lowest BCUT2D eigenvalue weighted by Gasteiger charge is -2.34. The lowest BCUT2D eigenvalue weighted by Crippen LogP contribution is -2.26. The Kier molecular flexibility index (Phi) is 4.48. The van der Waals surface area contributed by atoms with Crippen LogP contribution in [0, 0.1) is 11.3 Å². The molecule has 23 heavy (non-hydrogen) atoms. The van der Waals surface area contributed by atoms with Crippen LogP contribution in [0.2, 0.25) is 0 Å². The number of rotatable bonds is 3. The van der Waals surface area contributed by atoms with Crippen LogP contribution in [0.15, 0.2) is 54.1 Å². The van der Waals surface area contributed by atoms with Gasteiger partial charge in [-0.1, -0.05) is 68.8 Å². The van der Waals surface area contributed by atoms with E-state index in [-0.39, 0.29) is 0 Å². The van der Waals surface area contributed by atoms with Crippen molar-refractivity contribution < 1.29 is 0 Å². The minimum absolute atomic E-state index is 0.434. The van der Waals surface area contributed by atoms with E-state index in [2.05, 4.69) is 81.3 Å². The average Bonchev–Trinajstić information content (AvgIpc) is 2.54. The molecule has 0 aromatic heterocycles. The molecule has 122 valence electrons. The summed E-state index contributed by atoms with van der Waals surface area (Å²) >= 11 is 0. The number of hydrogen-bond donors (Lipinski definition) is 0. The van der Waals surface area contributed by atoms with E-state index in [0.717, 1.165) is 12.5 Å². The Morgan fingerprint density at radius 2 is 1.78 bits per heavy atom. The average molecular weight is 307 g/mol. The van der Waals surface area contributed by atoms with Crippen molar-refractivity contribution in [3.63, 3.8) is 0 Å². The van der Waals surface area contributed by atoms with Gasteiger partial charge in [0.15, 0.2) is 0 Å². The summed E-state index contributed by atoms with van der Waals surface area (Å²) in [7, 11) is 2.22. The number of allylic oxidation sites excluding steroid dienone is 1. The van der Waals surface area contributed by atoms with Gasteiger partial charge in [0.1, 0.15) is 0 Å². The monoisotopic (exact) mass is 307 g/mol. The highest BCUT2D eigenvalue weighted by Crippen LogP contribution is 2.37. The summed E-state index contributed by atoms with van der Waals surface area (Å²) in [5.74, 6) is 0.828. The normalized spacial score (nSPS) is 18.8. The zero-order valence-electron chi connectivity index (χ0n) is 15.0. The molecule has 0 N–H and O–H groups in total. The third-order valence-corrected chi connectivity index (χ3v) is 5.35. The number of likely N-dealkylation sites (N-methyl/N-ethyl adjacent to an activating group) is 1. The first-order chi connectivity index (χ1) is 10.9. The van der Waals surface area contributed by atoms with Gasteiger partial charge in [-0.3, -0.25) is 0 Å². The van der Waals surface area contributed by atoms with Crippen molar-refractivity contribution in [2.45, 2.75) is 40.0 Å². The quantitative estimate of drug-likeness (QED) is 0.624. The molecule has 0 fully saturated rings. The number of benzene rings is 2. The Morgan fingerprint density at radius 1 is 1.04 bits per heavy atom. The lowest BCUT2D eigenvalue weighted by atomic mass is 9.73. The molecular formula is C22H29N. The molecule has 0 amide bonds. The highest BCUT2D eigenvalue weighted by molar-refractivity contribution is 5.94. The molecule has 1 heteroatoms. The van der Waals surface area contributed by atoms with Gasteiger partial charge in [-0.25, -0.2) is 0 Å². The van der Waals surface area contributed by atoms with Crippen LogP contribution in [-0.2, 0) is 0 Å². The van der Waals surface area contributed by atoms with E-state index < -0.39 is 0 Å². The molecule has 1 unspecified atom stereocenters. The van der Waals surface area contributed by atoms with Crippen molar-refractivity contribution in [1.82, 2.24) is 0 Å². The molecule has 0 heterocycles. The summed E-state index contributed by atoms with van der Waals surface area (Å²) in [6.45, 7) is 8.17. The smallest absolute Gasteiger partial charge is 0.0446 e. The number of fused-ring (bicyclic) bond motifs is 1. The van der Waals surface area contributed by atoms with Crippen molar-refractivity contribution in [3.8, 4) is 0 Å². The van der Waals surface area contributed by atoms with E-state index in [0.29, 0.717) is 5.41 Å².